The van der Waals surface area contributed by atoms with E-state index in [1.54, 1.807) is 0 Å². The van der Waals surface area contributed by atoms with Crippen molar-refractivity contribution in [3.05, 3.63) is 47.7 Å². The Hall–Kier alpha value is -2.16. The molecule has 0 saturated heterocycles. The molecule has 3 heteroatoms. The lowest BCUT2D eigenvalue weighted by atomic mass is 9.83. The van der Waals surface area contributed by atoms with Crippen molar-refractivity contribution in [2.45, 2.75) is 33.1 Å². The van der Waals surface area contributed by atoms with Crippen LogP contribution in [0.2, 0.25) is 0 Å². The van der Waals surface area contributed by atoms with Crippen LogP contribution >= 0.6 is 0 Å². The molecule has 2 aromatic heterocycles. The number of imidazole rings is 1. The Balaban J connectivity index is 2.21. The molecular formula is C17H19N3. The summed E-state index contributed by atoms with van der Waals surface area (Å²) in [6.07, 6.45) is 0. The molecule has 3 rings (SSSR count). The van der Waals surface area contributed by atoms with Crippen LogP contribution in [0.1, 0.15) is 32.0 Å². The van der Waals surface area contributed by atoms with Crippen LogP contribution in [0.15, 0.2) is 36.4 Å². The van der Waals surface area contributed by atoms with Crippen molar-refractivity contribution in [1.82, 2.24) is 15.0 Å². The van der Waals surface area contributed by atoms with Gasteiger partial charge < -0.3 is 4.98 Å². The number of aryl methyl sites for hydroxylation is 1. The van der Waals surface area contributed by atoms with Crippen LogP contribution in [0, 0.1) is 6.92 Å². The monoisotopic (exact) mass is 265 g/mol. The van der Waals surface area contributed by atoms with Crippen LogP contribution < -0.4 is 0 Å². The maximum atomic E-state index is 4.65. The summed E-state index contributed by atoms with van der Waals surface area (Å²) < 4.78 is 0. The molecule has 3 nitrogen and oxygen atoms in total. The molecule has 0 aliphatic heterocycles. The number of hydrogen-bond acceptors (Lipinski definition) is 2. The molecule has 0 radical (unpaired) electrons. The van der Waals surface area contributed by atoms with Crippen molar-refractivity contribution in [1.29, 1.82) is 0 Å². The first-order valence-electron chi connectivity index (χ1n) is 6.88. The summed E-state index contributed by atoms with van der Waals surface area (Å²) >= 11 is 0. The quantitative estimate of drug-likeness (QED) is 0.715. The number of hydrogen-bond donors (Lipinski definition) is 1. The number of nitrogens with zero attached hydrogens (tertiary/aromatic N) is 2. The molecule has 0 unspecified atom stereocenters. The molecule has 0 amide bonds. The fourth-order valence-corrected chi connectivity index (χ4v) is 2.46. The summed E-state index contributed by atoms with van der Waals surface area (Å²) in [6, 6.07) is 12.5. The predicted molar refractivity (Wildman–Crippen MR) is 82.8 cm³/mol. The van der Waals surface area contributed by atoms with Crippen molar-refractivity contribution in [3.63, 3.8) is 0 Å². The first-order valence-corrected chi connectivity index (χ1v) is 6.88. The molecule has 0 fully saturated rings. The highest BCUT2D eigenvalue weighted by molar-refractivity contribution is 5.77. The standard InChI is InChI=1S/C17H19N3/c1-11-9-10-14-16(18-11)20-15(19-14)12-7-5-6-8-13(12)17(2,3)4/h5-10H,1-4H3,(H,18,19,20). The first-order chi connectivity index (χ1) is 9.45. The molecule has 0 saturated carbocycles. The lowest BCUT2D eigenvalue weighted by molar-refractivity contribution is 0.591. The van der Waals surface area contributed by atoms with E-state index in [4.69, 9.17) is 0 Å². The number of fused-ring (bicyclic) bond motifs is 1. The van der Waals surface area contributed by atoms with Gasteiger partial charge in [-0.25, -0.2) is 9.97 Å². The Bertz CT molecular complexity index is 763. The summed E-state index contributed by atoms with van der Waals surface area (Å²) in [5, 5.41) is 0. The highest BCUT2D eigenvalue weighted by Crippen LogP contribution is 2.32. The molecule has 0 bridgehead atoms. The molecule has 1 N–H and O–H groups in total. The Morgan fingerprint density at radius 1 is 0.950 bits per heavy atom. The van der Waals surface area contributed by atoms with Crippen molar-refractivity contribution in [3.8, 4) is 11.4 Å². The molecule has 2 heterocycles. The largest absolute Gasteiger partial charge is 0.337 e. The second-order valence-corrected chi connectivity index (χ2v) is 6.20. The van der Waals surface area contributed by atoms with Gasteiger partial charge in [-0.15, -0.1) is 0 Å². The van der Waals surface area contributed by atoms with Crippen molar-refractivity contribution >= 4 is 11.2 Å². The average molecular weight is 265 g/mol. The lowest BCUT2D eigenvalue weighted by Gasteiger charge is -2.21. The van der Waals surface area contributed by atoms with Gasteiger partial charge >= 0.3 is 0 Å². The van der Waals surface area contributed by atoms with E-state index in [0.29, 0.717) is 0 Å². The van der Waals surface area contributed by atoms with Crippen LogP contribution in [-0.2, 0) is 5.41 Å². The summed E-state index contributed by atoms with van der Waals surface area (Å²) in [6.45, 7) is 8.64. The van der Waals surface area contributed by atoms with Crippen LogP contribution in [0.25, 0.3) is 22.6 Å². The number of pyridine rings is 1. The fourth-order valence-electron chi connectivity index (χ4n) is 2.46. The van der Waals surface area contributed by atoms with Gasteiger partial charge in [-0.2, -0.15) is 0 Å². The van der Waals surface area contributed by atoms with Crippen LogP contribution in [0.4, 0.5) is 0 Å². The topological polar surface area (TPSA) is 41.6 Å². The van der Waals surface area contributed by atoms with E-state index in [2.05, 4.69) is 60.0 Å². The van der Waals surface area contributed by atoms with Gasteiger partial charge in [0.2, 0.25) is 0 Å². The molecule has 3 aromatic rings. The van der Waals surface area contributed by atoms with E-state index < -0.39 is 0 Å². The van der Waals surface area contributed by atoms with E-state index in [9.17, 15) is 0 Å². The Morgan fingerprint density at radius 3 is 2.45 bits per heavy atom. The lowest BCUT2D eigenvalue weighted by Crippen LogP contribution is -2.12. The summed E-state index contributed by atoms with van der Waals surface area (Å²) in [7, 11) is 0. The number of rotatable bonds is 1. The molecule has 1 aromatic carbocycles. The Morgan fingerprint density at radius 2 is 1.70 bits per heavy atom. The van der Waals surface area contributed by atoms with Gasteiger partial charge in [-0.05, 0) is 30.0 Å². The van der Waals surface area contributed by atoms with Crippen molar-refractivity contribution in [2.24, 2.45) is 0 Å². The van der Waals surface area contributed by atoms with Crippen molar-refractivity contribution < 1.29 is 0 Å². The minimum absolute atomic E-state index is 0.0823. The molecule has 20 heavy (non-hydrogen) atoms. The number of aromatic nitrogens is 3. The highest BCUT2D eigenvalue weighted by Gasteiger charge is 2.20. The normalized spacial score (nSPS) is 12.0. The molecular weight excluding hydrogens is 246 g/mol. The van der Waals surface area contributed by atoms with Crippen molar-refractivity contribution in [2.75, 3.05) is 0 Å². The number of aromatic amines is 1. The fraction of sp³-hybridized carbons (Fsp3) is 0.294. The molecule has 102 valence electrons. The SMILES string of the molecule is Cc1ccc2[nH]c(-c3ccccc3C(C)(C)C)nc2n1. The van der Waals surface area contributed by atoms with Gasteiger partial charge in [0.25, 0.3) is 0 Å². The zero-order valence-corrected chi connectivity index (χ0v) is 12.4. The van der Waals surface area contributed by atoms with Gasteiger partial charge in [-0.1, -0.05) is 45.0 Å². The third-order valence-corrected chi connectivity index (χ3v) is 3.48. The third kappa shape index (κ3) is 2.20. The summed E-state index contributed by atoms with van der Waals surface area (Å²) in [5.74, 6) is 0.892. The van der Waals surface area contributed by atoms with Crippen LogP contribution in [0.3, 0.4) is 0 Å². The minimum Gasteiger partial charge on any atom is -0.337 e. The van der Waals surface area contributed by atoms with Gasteiger partial charge in [0, 0.05) is 11.3 Å². The van der Waals surface area contributed by atoms with Gasteiger partial charge in [-0.3, -0.25) is 0 Å². The summed E-state index contributed by atoms with van der Waals surface area (Å²) in [5.41, 5.74) is 5.27. The average Bonchev–Trinajstić information content (AvgIpc) is 2.80. The van der Waals surface area contributed by atoms with Crippen LogP contribution in [-0.4, -0.2) is 15.0 Å². The molecule has 0 aliphatic rings. The first kappa shape index (κ1) is 12.9. The van der Waals surface area contributed by atoms with Gasteiger partial charge in [0.15, 0.2) is 5.65 Å². The maximum absolute atomic E-state index is 4.65. The van der Waals surface area contributed by atoms with Gasteiger partial charge in [0.05, 0.1) is 5.52 Å². The number of H-pyrrole nitrogens is 1. The van der Waals surface area contributed by atoms with E-state index in [1.807, 2.05) is 19.1 Å². The van der Waals surface area contributed by atoms with E-state index in [-0.39, 0.29) is 5.41 Å². The summed E-state index contributed by atoms with van der Waals surface area (Å²) in [4.78, 5) is 12.5. The van der Waals surface area contributed by atoms with Gasteiger partial charge in [0.1, 0.15) is 5.82 Å². The van der Waals surface area contributed by atoms with E-state index in [0.717, 1.165) is 28.2 Å². The highest BCUT2D eigenvalue weighted by atomic mass is 15.0. The maximum Gasteiger partial charge on any atom is 0.178 e. The zero-order valence-electron chi connectivity index (χ0n) is 12.4. The molecule has 0 spiro atoms. The van der Waals surface area contributed by atoms with Crippen LogP contribution in [0.5, 0.6) is 0 Å². The van der Waals surface area contributed by atoms with E-state index in [1.165, 1.54) is 5.56 Å². The number of benzene rings is 1. The third-order valence-electron chi connectivity index (χ3n) is 3.48. The second kappa shape index (κ2) is 4.44. The second-order valence-electron chi connectivity index (χ2n) is 6.20. The van der Waals surface area contributed by atoms with E-state index >= 15 is 0 Å². The molecule has 0 aliphatic carbocycles. The Kier molecular flexibility index (Phi) is 2.85. The predicted octanol–water partition coefficient (Wildman–Crippen LogP) is 4.23. The minimum atomic E-state index is 0.0823. The smallest absolute Gasteiger partial charge is 0.178 e. The Labute approximate surface area is 119 Å². The number of nitrogens with one attached hydrogen (secondary N) is 1. The zero-order chi connectivity index (χ0) is 14.3. The molecule has 0 atom stereocenters.